The van der Waals surface area contributed by atoms with Gasteiger partial charge < -0.3 is 4.74 Å². The minimum absolute atomic E-state index is 0.689. The van der Waals surface area contributed by atoms with Crippen LogP contribution < -0.4 is 4.74 Å². The van der Waals surface area contributed by atoms with Crippen LogP contribution in [0.4, 0.5) is 0 Å². The highest BCUT2D eigenvalue weighted by Gasteiger charge is 2.00. The van der Waals surface area contributed by atoms with Crippen molar-refractivity contribution in [2.75, 3.05) is 6.26 Å². The predicted octanol–water partition coefficient (Wildman–Crippen LogP) is 3.54. The highest BCUT2D eigenvalue weighted by molar-refractivity contribution is 8.02. The number of rotatable bonds is 4. The Bertz CT molecular complexity index is 318. The van der Waals surface area contributed by atoms with E-state index in [2.05, 4.69) is 13.2 Å². The van der Waals surface area contributed by atoms with Gasteiger partial charge in [0.15, 0.2) is 5.09 Å². The molecular formula is C11H12OS. The Morgan fingerprint density at radius 1 is 1.46 bits per heavy atom. The molecule has 0 N–H and O–H groups in total. The maximum absolute atomic E-state index is 5.48. The summed E-state index contributed by atoms with van der Waals surface area (Å²) >= 11 is 1.49. The number of thioether (sulfide) groups is 1. The molecule has 68 valence electrons. The third-order valence-electron chi connectivity index (χ3n) is 1.59. The quantitative estimate of drug-likeness (QED) is 0.675. The molecule has 0 amide bonds. The molecule has 0 aliphatic rings. The van der Waals surface area contributed by atoms with E-state index in [0.29, 0.717) is 5.09 Å². The predicted molar refractivity (Wildman–Crippen MR) is 59.8 cm³/mol. The first-order chi connectivity index (χ1) is 6.27. The van der Waals surface area contributed by atoms with Gasteiger partial charge in [-0.25, -0.2) is 0 Å². The van der Waals surface area contributed by atoms with Gasteiger partial charge in [0.25, 0.3) is 0 Å². The number of ether oxygens (including phenoxy) is 1. The van der Waals surface area contributed by atoms with Crippen molar-refractivity contribution in [3.05, 3.63) is 48.1 Å². The summed E-state index contributed by atoms with van der Waals surface area (Å²) in [4.78, 5) is 0. The standard InChI is InChI=1S/C11H12OS/c1-4-10-7-5-6-8-11(10)12-9(2)13-3/h4-8H,1-2H2,3H3. The fraction of sp³-hybridized carbons (Fsp3) is 0.0909. The summed E-state index contributed by atoms with van der Waals surface area (Å²) in [6.45, 7) is 7.46. The summed E-state index contributed by atoms with van der Waals surface area (Å²) in [7, 11) is 0. The van der Waals surface area contributed by atoms with E-state index in [-0.39, 0.29) is 0 Å². The van der Waals surface area contributed by atoms with Crippen LogP contribution in [0.5, 0.6) is 5.75 Å². The molecule has 1 nitrogen and oxygen atoms in total. The number of benzene rings is 1. The Hall–Kier alpha value is -1.15. The molecular weight excluding hydrogens is 180 g/mol. The van der Waals surface area contributed by atoms with E-state index < -0.39 is 0 Å². The summed E-state index contributed by atoms with van der Waals surface area (Å²) in [6.07, 6.45) is 3.70. The first kappa shape index (κ1) is 9.93. The molecule has 0 saturated heterocycles. The largest absolute Gasteiger partial charge is 0.451 e. The molecule has 0 radical (unpaired) electrons. The summed E-state index contributed by atoms with van der Waals surface area (Å²) in [5.41, 5.74) is 0.984. The SMILES string of the molecule is C=Cc1ccccc1OC(=C)SC. The Balaban J connectivity index is 2.87. The number of para-hydroxylation sites is 1. The Kier molecular flexibility index (Phi) is 3.65. The van der Waals surface area contributed by atoms with Crippen LogP contribution in [-0.4, -0.2) is 6.26 Å². The second-order valence-corrected chi connectivity index (χ2v) is 3.28. The Morgan fingerprint density at radius 2 is 2.15 bits per heavy atom. The van der Waals surface area contributed by atoms with E-state index in [1.54, 1.807) is 6.08 Å². The van der Waals surface area contributed by atoms with Crippen LogP contribution in [0.3, 0.4) is 0 Å². The fourth-order valence-corrected chi connectivity index (χ4v) is 1.08. The molecule has 1 rings (SSSR count). The molecule has 0 unspecified atom stereocenters. The van der Waals surface area contributed by atoms with E-state index in [0.717, 1.165) is 11.3 Å². The van der Waals surface area contributed by atoms with Crippen molar-refractivity contribution in [2.24, 2.45) is 0 Å². The Labute approximate surface area is 83.1 Å². The zero-order valence-corrected chi connectivity index (χ0v) is 8.43. The maximum atomic E-state index is 5.48. The average molecular weight is 192 g/mol. The lowest BCUT2D eigenvalue weighted by Gasteiger charge is -2.08. The van der Waals surface area contributed by atoms with Gasteiger partial charge in [-0.15, -0.1) is 0 Å². The van der Waals surface area contributed by atoms with Gasteiger partial charge in [0.05, 0.1) is 0 Å². The van der Waals surface area contributed by atoms with E-state index in [1.165, 1.54) is 11.8 Å². The summed E-state index contributed by atoms with van der Waals surface area (Å²) in [5, 5.41) is 0.689. The lowest BCUT2D eigenvalue weighted by Crippen LogP contribution is -1.90. The highest BCUT2D eigenvalue weighted by Crippen LogP contribution is 2.23. The van der Waals surface area contributed by atoms with Crippen molar-refractivity contribution in [2.45, 2.75) is 0 Å². The monoisotopic (exact) mass is 192 g/mol. The third kappa shape index (κ3) is 2.67. The van der Waals surface area contributed by atoms with Crippen molar-refractivity contribution in [3.63, 3.8) is 0 Å². The lowest BCUT2D eigenvalue weighted by atomic mass is 10.2. The molecule has 1 aromatic carbocycles. The maximum Gasteiger partial charge on any atom is 0.153 e. The van der Waals surface area contributed by atoms with Gasteiger partial charge >= 0.3 is 0 Å². The highest BCUT2D eigenvalue weighted by atomic mass is 32.2. The van der Waals surface area contributed by atoms with Crippen LogP contribution in [0.25, 0.3) is 6.08 Å². The van der Waals surface area contributed by atoms with Crippen LogP contribution in [0.2, 0.25) is 0 Å². The molecule has 0 spiro atoms. The van der Waals surface area contributed by atoms with E-state index >= 15 is 0 Å². The molecule has 0 aromatic heterocycles. The van der Waals surface area contributed by atoms with Crippen LogP contribution in [0, 0.1) is 0 Å². The normalized spacial score (nSPS) is 9.31. The summed E-state index contributed by atoms with van der Waals surface area (Å²) < 4.78 is 5.48. The molecule has 0 atom stereocenters. The van der Waals surface area contributed by atoms with Crippen LogP contribution in [0.1, 0.15) is 5.56 Å². The van der Waals surface area contributed by atoms with E-state index in [9.17, 15) is 0 Å². The van der Waals surface area contributed by atoms with Crippen LogP contribution in [0.15, 0.2) is 42.5 Å². The molecule has 0 aliphatic heterocycles. The molecule has 0 bridgehead atoms. The smallest absolute Gasteiger partial charge is 0.153 e. The minimum Gasteiger partial charge on any atom is -0.451 e. The second-order valence-electron chi connectivity index (χ2n) is 2.42. The molecule has 13 heavy (non-hydrogen) atoms. The molecule has 0 saturated carbocycles. The molecule has 1 aromatic rings. The van der Waals surface area contributed by atoms with Gasteiger partial charge in [-0.05, 0) is 18.9 Å². The lowest BCUT2D eigenvalue weighted by molar-refractivity contribution is 0.467. The van der Waals surface area contributed by atoms with Crippen molar-refractivity contribution >= 4 is 17.8 Å². The Morgan fingerprint density at radius 3 is 2.77 bits per heavy atom. The fourth-order valence-electron chi connectivity index (χ4n) is 0.906. The van der Waals surface area contributed by atoms with Gasteiger partial charge in [-0.3, -0.25) is 0 Å². The first-order valence-electron chi connectivity index (χ1n) is 3.90. The third-order valence-corrected chi connectivity index (χ3v) is 2.13. The van der Waals surface area contributed by atoms with Gasteiger partial charge in [-0.2, -0.15) is 0 Å². The minimum atomic E-state index is 0.689. The second kappa shape index (κ2) is 4.77. The van der Waals surface area contributed by atoms with Crippen molar-refractivity contribution in [1.29, 1.82) is 0 Å². The van der Waals surface area contributed by atoms with Gasteiger partial charge in [0, 0.05) is 5.56 Å². The van der Waals surface area contributed by atoms with Gasteiger partial charge in [-0.1, -0.05) is 42.6 Å². The topological polar surface area (TPSA) is 9.23 Å². The molecule has 0 heterocycles. The number of hydrogen-bond donors (Lipinski definition) is 0. The molecule has 2 heteroatoms. The first-order valence-corrected chi connectivity index (χ1v) is 5.12. The zero-order chi connectivity index (χ0) is 9.68. The van der Waals surface area contributed by atoms with Crippen molar-refractivity contribution in [1.82, 2.24) is 0 Å². The summed E-state index contributed by atoms with van der Waals surface area (Å²) in [6, 6.07) is 7.73. The number of hydrogen-bond acceptors (Lipinski definition) is 2. The van der Waals surface area contributed by atoms with Crippen LogP contribution >= 0.6 is 11.8 Å². The summed E-state index contributed by atoms with van der Waals surface area (Å²) in [5.74, 6) is 0.803. The van der Waals surface area contributed by atoms with Gasteiger partial charge in [0.2, 0.25) is 0 Å². The van der Waals surface area contributed by atoms with Crippen molar-refractivity contribution in [3.8, 4) is 5.75 Å². The molecule has 0 aliphatic carbocycles. The van der Waals surface area contributed by atoms with Gasteiger partial charge in [0.1, 0.15) is 5.75 Å². The van der Waals surface area contributed by atoms with E-state index in [4.69, 9.17) is 4.74 Å². The zero-order valence-electron chi connectivity index (χ0n) is 7.62. The average Bonchev–Trinajstić information content (AvgIpc) is 2.18. The van der Waals surface area contributed by atoms with Crippen molar-refractivity contribution < 1.29 is 4.74 Å². The van der Waals surface area contributed by atoms with E-state index in [1.807, 2.05) is 30.5 Å². The molecule has 0 fully saturated rings. The van der Waals surface area contributed by atoms with Crippen LogP contribution in [-0.2, 0) is 0 Å².